The average Bonchev–Trinajstić information content (AvgIpc) is 3.26. The molecule has 1 aliphatic rings. The van der Waals surface area contributed by atoms with E-state index in [1.165, 1.54) is 6.08 Å². The number of fused-ring (bicyclic) bond motifs is 2. The number of hydrogen-bond donors (Lipinski definition) is 1. The molecule has 0 aliphatic carbocycles. The SMILES string of the molecule is O=C(/C=C/c1c(Cl)nc2ccccn12)NCCOc1ccc2c(c1)OCO2. The number of ether oxygens (including phenoxy) is 3. The number of carbonyl (C=O) groups excluding carboxylic acids is 1. The van der Waals surface area contributed by atoms with Gasteiger partial charge in [-0.1, -0.05) is 17.7 Å². The second kappa shape index (κ2) is 7.59. The molecule has 7 nitrogen and oxygen atoms in total. The quantitative estimate of drug-likeness (QED) is 0.521. The molecular formula is C19H16ClN3O4. The number of aromatic nitrogens is 2. The van der Waals surface area contributed by atoms with E-state index in [-0.39, 0.29) is 12.7 Å². The fraction of sp³-hybridized carbons (Fsp3) is 0.158. The van der Waals surface area contributed by atoms with Crippen molar-refractivity contribution in [2.75, 3.05) is 19.9 Å². The summed E-state index contributed by atoms with van der Waals surface area (Å²) in [5.74, 6) is 1.77. The molecule has 0 saturated carbocycles. The smallest absolute Gasteiger partial charge is 0.244 e. The zero-order valence-corrected chi connectivity index (χ0v) is 15.0. The number of pyridine rings is 1. The predicted octanol–water partition coefficient (Wildman–Crippen LogP) is 2.92. The van der Waals surface area contributed by atoms with E-state index in [1.54, 1.807) is 24.3 Å². The Morgan fingerprint density at radius 3 is 3.11 bits per heavy atom. The van der Waals surface area contributed by atoms with Crippen LogP contribution in [0.1, 0.15) is 5.69 Å². The minimum Gasteiger partial charge on any atom is -0.492 e. The zero-order valence-electron chi connectivity index (χ0n) is 14.2. The Labute approximate surface area is 160 Å². The van der Waals surface area contributed by atoms with Crippen LogP contribution >= 0.6 is 11.6 Å². The second-order valence-corrected chi connectivity index (χ2v) is 6.06. The van der Waals surface area contributed by atoms with Crippen LogP contribution in [-0.4, -0.2) is 35.2 Å². The van der Waals surface area contributed by atoms with Crippen molar-refractivity contribution >= 4 is 29.2 Å². The molecule has 138 valence electrons. The molecule has 0 unspecified atom stereocenters. The summed E-state index contributed by atoms with van der Waals surface area (Å²) in [5, 5.41) is 3.10. The molecule has 0 bridgehead atoms. The Bertz CT molecular complexity index is 1020. The van der Waals surface area contributed by atoms with Crippen molar-refractivity contribution in [1.29, 1.82) is 0 Å². The van der Waals surface area contributed by atoms with Crippen LogP contribution in [0.4, 0.5) is 0 Å². The van der Waals surface area contributed by atoms with E-state index >= 15 is 0 Å². The highest BCUT2D eigenvalue weighted by Gasteiger charge is 2.13. The molecule has 1 amide bonds. The van der Waals surface area contributed by atoms with Crippen LogP contribution in [0.2, 0.25) is 5.15 Å². The fourth-order valence-electron chi connectivity index (χ4n) is 2.66. The van der Waals surface area contributed by atoms with E-state index in [2.05, 4.69) is 10.3 Å². The normalized spacial score (nSPS) is 12.6. The van der Waals surface area contributed by atoms with Gasteiger partial charge in [-0.2, -0.15) is 0 Å². The molecule has 1 aliphatic heterocycles. The number of amides is 1. The molecule has 0 spiro atoms. The van der Waals surface area contributed by atoms with Crippen molar-refractivity contribution in [3.05, 3.63) is 59.5 Å². The molecule has 0 radical (unpaired) electrons. The van der Waals surface area contributed by atoms with Gasteiger partial charge in [-0.05, 0) is 30.3 Å². The lowest BCUT2D eigenvalue weighted by Crippen LogP contribution is -2.26. The summed E-state index contributed by atoms with van der Waals surface area (Å²) >= 11 is 6.13. The largest absolute Gasteiger partial charge is 0.492 e. The maximum atomic E-state index is 12.0. The topological polar surface area (TPSA) is 74.1 Å². The highest BCUT2D eigenvalue weighted by molar-refractivity contribution is 6.31. The maximum Gasteiger partial charge on any atom is 0.244 e. The minimum absolute atomic E-state index is 0.220. The lowest BCUT2D eigenvalue weighted by Gasteiger charge is -2.07. The summed E-state index contributed by atoms with van der Waals surface area (Å²) in [5.41, 5.74) is 1.37. The van der Waals surface area contributed by atoms with Crippen LogP contribution in [0, 0.1) is 0 Å². The average molecular weight is 386 g/mol. The molecule has 0 saturated heterocycles. The second-order valence-electron chi connectivity index (χ2n) is 5.70. The first-order valence-corrected chi connectivity index (χ1v) is 8.69. The Hall–Kier alpha value is -3.19. The van der Waals surface area contributed by atoms with E-state index in [4.69, 9.17) is 25.8 Å². The molecule has 3 heterocycles. The molecule has 1 N–H and O–H groups in total. The summed E-state index contributed by atoms with van der Waals surface area (Å²) in [6, 6.07) is 10.9. The van der Waals surface area contributed by atoms with Gasteiger partial charge in [0, 0.05) is 18.3 Å². The highest BCUT2D eigenvalue weighted by Crippen LogP contribution is 2.34. The van der Waals surface area contributed by atoms with Crippen molar-refractivity contribution in [2.24, 2.45) is 0 Å². The van der Waals surface area contributed by atoms with Gasteiger partial charge in [0.2, 0.25) is 12.7 Å². The number of nitrogens with zero attached hydrogens (tertiary/aromatic N) is 2. The van der Waals surface area contributed by atoms with Gasteiger partial charge in [0.1, 0.15) is 18.0 Å². The van der Waals surface area contributed by atoms with Crippen LogP contribution in [0.25, 0.3) is 11.7 Å². The lowest BCUT2D eigenvalue weighted by molar-refractivity contribution is -0.116. The van der Waals surface area contributed by atoms with Gasteiger partial charge in [-0.3, -0.25) is 9.20 Å². The van der Waals surface area contributed by atoms with Gasteiger partial charge in [-0.15, -0.1) is 0 Å². The first-order chi connectivity index (χ1) is 13.2. The van der Waals surface area contributed by atoms with Gasteiger partial charge in [0.15, 0.2) is 16.7 Å². The standard InChI is InChI=1S/C19H16ClN3O4/c20-19-14(23-9-2-1-3-17(23)22-19)5-7-18(24)21-8-10-25-13-4-6-15-16(11-13)27-12-26-15/h1-7,9,11H,8,10,12H2,(H,21,24)/b7-5+. The predicted molar refractivity (Wildman–Crippen MR) is 100 cm³/mol. The van der Waals surface area contributed by atoms with Crippen molar-refractivity contribution in [3.8, 4) is 17.2 Å². The number of halogens is 1. The highest BCUT2D eigenvalue weighted by atomic mass is 35.5. The first-order valence-electron chi connectivity index (χ1n) is 8.32. The van der Waals surface area contributed by atoms with E-state index in [0.717, 1.165) is 5.65 Å². The molecule has 0 fully saturated rings. The van der Waals surface area contributed by atoms with Crippen molar-refractivity contribution in [2.45, 2.75) is 0 Å². The number of benzene rings is 1. The summed E-state index contributed by atoms with van der Waals surface area (Å²) in [7, 11) is 0. The number of nitrogens with one attached hydrogen (secondary N) is 1. The van der Waals surface area contributed by atoms with Gasteiger partial charge in [0.05, 0.1) is 12.2 Å². The van der Waals surface area contributed by atoms with Crippen LogP contribution in [0.5, 0.6) is 17.2 Å². The van der Waals surface area contributed by atoms with Crippen molar-refractivity contribution in [3.63, 3.8) is 0 Å². The lowest BCUT2D eigenvalue weighted by atomic mass is 10.3. The van der Waals surface area contributed by atoms with E-state index in [1.807, 2.05) is 28.8 Å². The Kier molecular flexibility index (Phi) is 4.84. The number of hydrogen-bond acceptors (Lipinski definition) is 5. The molecule has 27 heavy (non-hydrogen) atoms. The fourth-order valence-corrected chi connectivity index (χ4v) is 2.90. The number of rotatable bonds is 6. The Morgan fingerprint density at radius 1 is 1.30 bits per heavy atom. The van der Waals surface area contributed by atoms with E-state index < -0.39 is 0 Å². The Balaban J connectivity index is 1.28. The molecule has 2 aromatic heterocycles. The first kappa shape index (κ1) is 17.2. The Morgan fingerprint density at radius 2 is 2.19 bits per heavy atom. The summed E-state index contributed by atoms with van der Waals surface area (Å²) in [6.45, 7) is 0.908. The van der Waals surface area contributed by atoms with Crippen LogP contribution in [0.3, 0.4) is 0 Å². The van der Waals surface area contributed by atoms with Crippen LogP contribution < -0.4 is 19.5 Å². The number of imidazole rings is 1. The summed E-state index contributed by atoms with van der Waals surface area (Å²) in [4.78, 5) is 16.2. The number of carbonyl (C=O) groups is 1. The van der Waals surface area contributed by atoms with Gasteiger partial charge in [-0.25, -0.2) is 4.98 Å². The monoisotopic (exact) mass is 385 g/mol. The van der Waals surface area contributed by atoms with Gasteiger partial charge in [0.25, 0.3) is 0 Å². The van der Waals surface area contributed by atoms with Gasteiger partial charge < -0.3 is 19.5 Å². The molecule has 0 atom stereocenters. The zero-order chi connectivity index (χ0) is 18.6. The van der Waals surface area contributed by atoms with Crippen LogP contribution in [0.15, 0.2) is 48.7 Å². The molecule has 8 heteroatoms. The molecule has 1 aromatic carbocycles. The van der Waals surface area contributed by atoms with Gasteiger partial charge >= 0.3 is 0 Å². The van der Waals surface area contributed by atoms with Crippen molar-refractivity contribution in [1.82, 2.24) is 14.7 Å². The summed E-state index contributed by atoms with van der Waals surface area (Å²) < 4.78 is 18.0. The van der Waals surface area contributed by atoms with E-state index in [0.29, 0.717) is 41.2 Å². The van der Waals surface area contributed by atoms with Crippen molar-refractivity contribution < 1.29 is 19.0 Å². The maximum absolute atomic E-state index is 12.0. The molecule has 3 aromatic rings. The molecule has 4 rings (SSSR count). The third-order valence-electron chi connectivity index (χ3n) is 3.93. The summed E-state index contributed by atoms with van der Waals surface area (Å²) in [6.07, 6.45) is 4.89. The third-order valence-corrected chi connectivity index (χ3v) is 4.21. The van der Waals surface area contributed by atoms with E-state index in [9.17, 15) is 4.79 Å². The minimum atomic E-state index is -0.244. The van der Waals surface area contributed by atoms with Crippen LogP contribution in [-0.2, 0) is 4.79 Å². The third kappa shape index (κ3) is 3.83. The molecular weight excluding hydrogens is 370 g/mol.